The molecule has 2 unspecified atom stereocenters. The van der Waals surface area contributed by atoms with Gasteiger partial charge in [-0.3, -0.25) is 0 Å². The highest BCUT2D eigenvalue weighted by atomic mass is 35.5. The second-order valence-electron chi connectivity index (χ2n) is 4.06. The summed E-state index contributed by atoms with van der Waals surface area (Å²) in [6.07, 6.45) is 1.30. The summed E-state index contributed by atoms with van der Waals surface area (Å²) in [4.78, 5) is 0. The molecule has 1 saturated carbocycles. The van der Waals surface area contributed by atoms with Crippen molar-refractivity contribution in [1.29, 1.82) is 0 Å². The SMILES string of the molecule is COc1cc(Cl)c2c(c1)C1CC1CN2. The Morgan fingerprint density at radius 2 is 2.36 bits per heavy atom. The number of hydrogen-bond donors (Lipinski definition) is 1. The molecule has 2 atom stereocenters. The van der Waals surface area contributed by atoms with E-state index < -0.39 is 0 Å². The number of anilines is 1. The van der Waals surface area contributed by atoms with Gasteiger partial charge in [-0.1, -0.05) is 11.6 Å². The molecule has 1 aliphatic carbocycles. The summed E-state index contributed by atoms with van der Waals surface area (Å²) in [5.41, 5.74) is 2.46. The zero-order chi connectivity index (χ0) is 9.71. The smallest absolute Gasteiger partial charge is 0.120 e. The van der Waals surface area contributed by atoms with Gasteiger partial charge in [0.15, 0.2) is 0 Å². The van der Waals surface area contributed by atoms with Gasteiger partial charge in [-0.05, 0) is 29.9 Å². The normalized spacial score (nSPS) is 27.3. The van der Waals surface area contributed by atoms with Crippen LogP contribution in [-0.2, 0) is 0 Å². The van der Waals surface area contributed by atoms with E-state index in [4.69, 9.17) is 16.3 Å². The first-order chi connectivity index (χ1) is 6.79. The molecule has 1 N–H and O–H groups in total. The molecule has 1 aliphatic heterocycles. The Balaban J connectivity index is 2.13. The van der Waals surface area contributed by atoms with Crippen LogP contribution in [0.2, 0.25) is 5.02 Å². The Labute approximate surface area is 88.2 Å². The molecule has 2 nitrogen and oxygen atoms in total. The van der Waals surface area contributed by atoms with Crippen LogP contribution in [0.1, 0.15) is 17.9 Å². The quantitative estimate of drug-likeness (QED) is 0.768. The van der Waals surface area contributed by atoms with Crippen molar-refractivity contribution >= 4 is 17.3 Å². The molecule has 0 aromatic heterocycles. The zero-order valence-electron chi connectivity index (χ0n) is 8.01. The van der Waals surface area contributed by atoms with E-state index in [9.17, 15) is 0 Å². The van der Waals surface area contributed by atoms with Crippen LogP contribution in [0.4, 0.5) is 5.69 Å². The first kappa shape index (κ1) is 8.42. The molecule has 0 spiro atoms. The van der Waals surface area contributed by atoms with Gasteiger partial charge in [-0.25, -0.2) is 0 Å². The molecule has 3 heteroatoms. The second-order valence-corrected chi connectivity index (χ2v) is 4.46. The molecule has 0 radical (unpaired) electrons. The zero-order valence-corrected chi connectivity index (χ0v) is 8.77. The van der Waals surface area contributed by atoms with Crippen LogP contribution in [0.5, 0.6) is 5.75 Å². The lowest BCUT2D eigenvalue weighted by molar-refractivity contribution is 0.414. The fourth-order valence-electron chi connectivity index (χ4n) is 2.29. The van der Waals surface area contributed by atoms with Gasteiger partial charge in [-0.15, -0.1) is 0 Å². The van der Waals surface area contributed by atoms with Crippen LogP contribution in [0.3, 0.4) is 0 Å². The molecule has 3 rings (SSSR count). The first-order valence-corrected chi connectivity index (χ1v) is 5.28. The van der Waals surface area contributed by atoms with Crippen molar-refractivity contribution in [3.8, 4) is 5.75 Å². The molecule has 1 aromatic carbocycles. The average Bonchev–Trinajstić information content (AvgIpc) is 2.96. The van der Waals surface area contributed by atoms with E-state index in [1.807, 2.05) is 6.07 Å². The first-order valence-electron chi connectivity index (χ1n) is 4.91. The Bertz CT molecular complexity index is 391. The molecule has 1 aromatic rings. The third-order valence-electron chi connectivity index (χ3n) is 3.19. The van der Waals surface area contributed by atoms with Gasteiger partial charge in [0, 0.05) is 12.6 Å². The standard InChI is InChI=1S/C11H12ClNO/c1-14-7-3-9-8-2-6(8)5-13-11(9)10(12)4-7/h3-4,6,8,13H,2,5H2,1H3. The van der Waals surface area contributed by atoms with Crippen molar-refractivity contribution in [2.45, 2.75) is 12.3 Å². The maximum absolute atomic E-state index is 6.17. The number of rotatable bonds is 1. The van der Waals surface area contributed by atoms with Crippen molar-refractivity contribution < 1.29 is 4.74 Å². The topological polar surface area (TPSA) is 21.3 Å². The minimum Gasteiger partial charge on any atom is -0.497 e. The lowest BCUT2D eigenvalue weighted by atomic mass is 10.0. The van der Waals surface area contributed by atoms with E-state index in [1.54, 1.807) is 7.11 Å². The van der Waals surface area contributed by atoms with Crippen molar-refractivity contribution in [3.63, 3.8) is 0 Å². The summed E-state index contributed by atoms with van der Waals surface area (Å²) in [7, 11) is 1.68. The highest BCUT2D eigenvalue weighted by Crippen LogP contribution is 2.54. The monoisotopic (exact) mass is 209 g/mol. The average molecular weight is 210 g/mol. The van der Waals surface area contributed by atoms with Crippen LogP contribution in [-0.4, -0.2) is 13.7 Å². The molecule has 1 fully saturated rings. The van der Waals surface area contributed by atoms with Crippen molar-refractivity contribution in [2.24, 2.45) is 5.92 Å². The molecule has 0 amide bonds. The number of halogens is 1. The largest absolute Gasteiger partial charge is 0.497 e. The number of benzene rings is 1. The van der Waals surface area contributed by atoms with Gasteiger partial charge in [0.2, 0.25) is 0 Å². The molecular formula is C11H12ClNO. The van der Waals surface area contributed by atoms with E-state index in [0.29, 0.717) is 0 Å². The maximum Gasteiger partial charge on any atom is 0.120 e. The van der Waals surface area contributed by atoms with Crippen LogP contribution in [0.25, 0.3) is 0 Å². The van der Waals surface area contributed by atoms with Gasteiger partial charge in [0.05, 0.1) is 17.8 Å². The number of hydrogen-bond acceptors (Lipinski definition) is 2. The fourth-order valence-corrected chi connectivity index (χ4v) is 2.57. The lowest BCUT2D eigenvalue weighted by Crippen LogP contribution is -2.12. The van der Waals surface area contributed by atoms with E-state index in [1.165, 1.54) is 12.0 Å². The summed E-state index contributed by atoms with van der Waals surface area (Å²) in [6.45, 7) is 1.07. The molecular weight excluding hydrogens is 198 g/mol. The van der Waals surface area contributed by atoms with Crippen LogP contribution in [0.15, 0.2) is 12.1 Å². The van der Waals surface area contributed by atoms with Crippen LogP contribution < -0.4 is 10.1 Å². The molecule has 2 aliphatic rings. The molecule has 0 saturated heterocycles. The van der Waals surface area contributed by atoms with E-state index >= 15 is 0 Å². The number of fused-ring (bicyclic) bond motifs is 3. The van der Waals surface area contributed by atoms with Gasteiger partial charge >= 0.3 is 0 Å². The summed E-state index contributed by atoms with van der Waals surface area (Å²) in [5, 5.41) is 4.17. The van der Waals surface area contributed by atoms with Crippen molar-refractivity contribution in [2.75, 3.05) is 19.0 Å². The molecule has 0 bridgehead atoms. The highest BCUT2D eigenvalue weighted by Gasteiger charge is 2.43. The number of nitrogens with one attached hydrogen (secondary N) is 1. The number of methoxy groups -OCH3 is 1. The summed E-state index contributed by atoms with van der Waals surface area (Å²) in [5.74, 6) is 2.41. The van der Waals surface area contributed by atoms with E-state index in [-0.39, 0.29) is 0 Å². The van der Waals surface area contributed by atoms with E-state index in [2.05, 4.69) is 11.4 Å². The predicted molar refractivity (Wildman–Crippen MR) is 57.3 cm³/mol. The van der Waals surface area contributed by atoms with Gasteiger partial charge in [0.1, 0.15) is 5.75 Å². The fraction of sp³-hybridized carbons (Fsp3) is 0.455. The minimum atomic E-state index is 0.721. The third kappa shape index (κ3) is 1.10. The Hall–Kier alpha value is -0.890. The molecule has 1 heterocycles. The minimum absolute atomic E-state index is 0.721. The van der Waals surface area contributed by atoms with Crippen LogP contribution >= 0.6 is 11.6 Å². The third-order valence-corrected chi connectivity index (χ3v) is 3.49. The predicted octanol–water partition coefficient (Wildman–Crippen LogP) is 2.88. The van der Waals surface area contributed by atoms with Gasteiger partial charge in [-0.2, -0.15) is 0 Å². The lowest BCUT2D eigenvalue weighted by Gasteiger charge is -2.19. The van der Waals surface area contributed by atoms with E-state index in [0.717, 1.165) is 34.8 Å². The van der Waals surface area contributed by atoms with Crippen LogP contribution in [0, 0.1) is 5.92 Å². The molecule has 74 valence electrons. The second kappa shape index (κ2) is 2.80. The Morgan fingerprint density at radius 1 is 1.50 bits per heavy atom. The molecule has 14 heavy (non-hydrogen) atoms. The van der Waals surface area contributed by atoms with Gasteiger partial charge < -0.3 is 10.1 Å². The summed E-state index contributed by atoms with van der Waals surface area (Å²) in [6, 6.07) is 3.98. The Kier molecular flexibility index (Phi) is 1.68. The van der Waals surface area contributed by atoms with Crippen molar-refractivity contribution in [3.05, 3.63) is 22.7 Å². The van der Waals surface area contributed by atoms with Gasteiger partial charge in [0.25, 0.3) is 0 Å². The van der Waals surface area contributed by atoms with Crippen molar-refractivity contribution in [1.82, 2.24) is 0 Å². The number of ether oxygens (including phenoxy) is 1. The summed E-state index contributed by atoms with van der Waals surface area (Å²) < 4.78 is 5.22. The Morgan fingerprint density at radius 3 is 3.14 bits per heavy atom. The summed E-state index contributed by atoms with van der Waals surface area (Å²) >= 11 is 6.17. The maximum atomic E-state index is 6.17. The highest BCUT2D eigenvalue weighted by molar-refractivity contribution is 6.33.